The summed E-state index contributed by atoms with van der Waals surface area (Å²) in [6, 6.07) is 2.32. The summed E-state index contributed by atoms with van der Waals surface area (Å²) in [7, 11) is 0. The molecule has 0 atom stereocenters. The minimum absolute atomic E-state index is 0.358. The minimum atomic E-state index is 0.358. The first-order chi connectivity index (χ1) is 8.75. The van der Waals surface area contributed by atoms with Crippen molar-refractivity contribution in [3.63, 3.8) is 0 Å². The summed E-state index contributed by atoms with van der Waals surface area (Å²) in [5.41, 5.74) is 0. The SMILES string of the molecule is CC(C)NCOC1CCN(c2ncccn2)CC1. The molecular weight excluding hydrogens is 228 g/mol. The lowest BCUT2D eigenvalue weighted by atomic mass is 10.1. The Kier molecular flexibility index (Phi) is 4.90. The summed E-state index contributed by atoms with van der Waals surface area (Å²) >= 11 is 0. The van der Waals surface area contributed by atoms with Gasteiger partial charge in [0.25, 0.3) is 0 Å². The van der Waals surface area contributed by atoms with Crippen LogP contribution in [0.15, 0.2) is 18.5 Å². The molecule has 1 aliphatic heterocycles. The molecule has 0 amide bonds. The van der Waals surface area contributed by atoms with E-state index in [2.05, 4.69) is 34.0 Å². The highest BCUT2D eigenvalue weighted by Crippen LogP contribution is 2.17. The van der Waals surface area contributed by atoms with Gasteiger partial charge >= 0.3 is 0 Å². The van der Waals surface area contributed by atoms with E-state index in [0.29, 0.717) is 18.9 Å². The first-order valence-electron chi connectivity index (χ1n) is 6.62. The van der Waals surface area contributed by atoms with Crippen LogP contribution in [-0.2, 0) is 4.74 Å². The Morgan fingerprint density at radius 1 is 1.33 bits per heavy atom. The molecule has 0 spiro atoms. The molecule has 0 bridgehead atoms. The molecular formula is C13H22N4O. The summed E-state index contributed by atoms with van der Waals surface area (Å²) in [6.07, 6.45) is 6.02. The Labute approximate surface area is 109 Å². The van der Waals surface area contributed by atoms with E-state index in [4.69, 9.17) is 4.74 Å². The van der Waals surface area contributed by atoms with Crippen LogP contribution < -0.4 is 10.2 Å². The van der Waals surface area contributed by atoms with Gasteiger partial charge in [-0.15, -0.1) is 0 Å². The van der Waals surface area contributed by atoms with Gasteiger partial charge in [0, 0.05) is 31.5 Å². The molecule has 1 fully saturated rings. The smallest absolute Gasteiger partial charge is 0.225 e. The van der Waals surface area contributed by atoms with E-state index in [9.17, 15) is 0 Å². The number of aromatic nitrogens is 2. The van der Waals surface area contributed by atoms with Crippen LogP contribution in [0.25, 0.3) is 0 Å². The van der Waals surface area contributed by atoms with Gasteiger partial charge in [0.05, 0.1) is 12.8 Å². The second-order valence-corrected chi connectivity index (χ2v) is 4.91. The molecule has 0 radical (unpaired) electrons. The predicted molar refractivity (Wildman–Crippen MR) is 71.5 cm³/mol. The third-order valence-corrected chi connectivity index (χ3v) is 3.09. The number of ether oxygens (including phenoxy) is 1. The third-order valence-electron chi connectivity index (χ3n) is 3.09. The van der Waals surface area contributed by atoms with Crippen LogP contribution in [0.3, 0.4) is 0 Å². The fourth-order valence-corrected chi connectivity index (χ4v) is 2.01. The lowest BCUT2D eigenvalue weighted by Gasteiger charge is -2.31. The predicted octanol–water partition coefficient (Wildman–Crippen LogP) is 1.42. The van der Waals surface area contributed by atoms with Gasteiger partial charge in [-0.1, -0.05) is 0 Å². The van der Waals surface area contributed by atoms with Gasteiger partial charge in [-0.3, -0.25) is 5.32 Å². The van der Waals surface area contributed by atoms with E-state index < -0.39 is 0 Å². The fraction of sp³-hybridized carbons (Fsp3) is 0.692. The zero-order chi connectivity index (χ0) is 12.8. The first kappa shape index (κ1) is 13.2. The number of hydrogen-bond acceptors (Lipinski definition) is 5. The topological polar surface area (TPSA) is 50.3 Å². The van der Waals surface area contributed by atoms with Gasteiger partial charge in [-0.05, 0) is 32.8 Å². The van der Waals surface area contributed by atoms with E-state index in [0.717, 1.165) is 31.9 Å². The molecule has 100 valence electrons. The molecule has 1 aromatic heterocycles. The molecule has 1 aromatic rings. The van der Waals surface area contributed by atoms with E-state index in [1.807, 2.05) is 6.07 Å². The average Bonchev–Trinajstić information content (AvgIpc) is 2.40. The Bertz CT molecular complexity index is 336. The van der Waals surface area contributed by atoms with Gasteiger partial charge < -0.3 is 9.64 Å². The summed E-state index contributed by atoms with van der Waals surface area (Å²) in [4.78, 5) is 10.8. The van der Waals surface area contributed by atoms with Crippen molar-refractivity contribution in [2.75, 3.05) is 24.7 Å². The Hall–Kier alpha value is -1.20. The Morgan fingerprint density at radius 2 is 2.00 bits per heavy atom. The molecule has 1 N–H and O–H groups in total. The third kappa shape index (κ3) is 3.92. The number of nitrogens with one attached hydrogen (secondary N) is 1. The van der Waals surface area contributed by atoms with Crippen LogP contribution in [0.1, 0.15) is 26.7 Å². The Balaban J connectivity index is 1.71. The quantitative estimate of drug-likeness (QED) is 0.801. The molecule has 5 heteroatoms. The lowest BCUT2D eigenvalue weighted by molar-refractivity contribution is 0.0223. The van der Waals surface area contributed by atoms with Crippen molar-refractivity contribution < 1.29 is 4.74 Å². The van der Waals surface area contributed by atoms with Crippen molar-refractivity contribution in [3.8, 4) is 0 Å². The van der Waals surface area contributed by atoms with Crippen LogP contribution in [0.5, 0.6) is 0 Å². The highest BCUT2D eigenvalue weighted by atomic mass is 16.5. The molecule has 18 heavy (non-hydrogen) atoms. The van der Waals surface area contributed by atoms with Crippen LogP contribution in [0.2, 0.25) is 0 Å². The van der Waals surface area contributed by atoms with Gasteiger partial charge in [-0.2, -0.15) is 0 Å². The van der Waals surface area contributed by atoms with E-state index >= 15 is 0 Å². The molecule has 0 unspecified atom stereocenters. The summed E-state index contributed by atoms with van der Waals surface area (Å²) in [5.74, 6) is 0.830. The van der Waals surface area contributed by atoms with Crippen LogP contribution >= 0.6 is 0 Å². The van der Waals surface area contributed by atoms with Crippen LogP contribution in [0.4, 0.5) is 5.95 Å². The van der Waals surface area contributed by atoms with E-state index in [1.165, 1.54) is 0 Å². The summed E-state index contributed by atoms with van der Waals surface area (Å²) in [6.45, 7) is 6.83. The first-order valence-corrected chi connectivity index (χ1v) is 6.62. The van der Waals surface area contributed by atoms with Crippen LogP contribution in [0, 0.1) is 0 Å². The van der Waals surface area contributed by atoms with E-state index in [-0.39, 0.29) is 0 Å². The van der Waals surface area contributed by atoms with Gasteiger partial charge in [-0.25, -0.2) is 9.97 Å². The largest absolute Gasteiger partial charge is 0.363 e. The van der Waals surface area contributed by atoms with E-state index in [1.54, 1.807) is 12.4 Å². The normalized spacial score (nSPS) is 17.4. The number of nitrogens with zero attached hydrogens (tertiary/aromatic N) is 3. The fourth-order valence-electron chi connectivity index (χ4n) is 2.01. The summed E-state index contributed by atoms with van der Waals surface area (Å²) < 4.78 is 5.80. The second kappa shape index (κ2) is 6.66. The standard InChI is InChI=1S/C13H22N4O/c1-11(2)16-10-18-12-4-8-17(9-5-12)13-14-6-3-7-15-13/h3,6-7,11-12,16H,4-5,8-10H2,1-2H3. The van der Waals surface area contributed by atoms with Crippen LogP contribution in [-0.4, -0.2) is 41.9 Å². The molecule has 0 aromatic carbocycles. The molecule has 1 aliphatic rings. The highest BCUT2D eigenvalue weighted by Gasteiger charge is 2.20. The average molecular weight is 250 g/mol. The number of piperidine rings is 1. The van der Waals surface area contributed by atoms with Gasteiger partial charge in [0.15, 0.2) is 0 Å². The maximum atomic E-state index is 5.80. The number of hydrogen-bond donors (Lipinski definition) is 1. The molecule has 1 saturated heterocycles. The van der Waals surface area contributed by atoms with Crippen molar-refractivity contribution >= 4 is 5.95 Å². The van der Waals surface area contributed by atoms with Crippen molar-refractivity contribution in [2.24, 2.45) is 0 Å². The lowest BCUT2D eigenvalue weighted by Crippen LogP contribution is -2.39. The minimum Gasteiger partial charge on any atom is -0.363 e. The van der Waals surface area contributed by atoms with Crippen molar-refractivity contribution in [3.05, 3.63) is 18.5 Å². The molecule has 2 rings (SSSR count). The van der Waals surface area contributed by atoms with Gasteiger partial charge in [0.1, 0.15) is 0 Å². The number of rotatable bonds is 5. The molecule has 0 aliphatic carbocycles. The maximum absolute atomic E-state index is 5.80. The number of anilines is 1. The summed E-state index contributed by atoms with van der Waals surface area (Å²) in [5, 5.41) is 3.28. The zero-order valence-electron chi connectivity index (χ0n) is 11.2. The highest BCUT2D eigenvalue weighted by molar-refractivity contribution is 5.28. The zero-order valence-corrected chi connectivity index (χ0v) is 11.2. The Morgan fingerprint density at radius 3 is 2.61 bits per heavy atom. The van der Waals surface area contributed by atoms with Crippen molar-refractivity contribution in [2.45, 2.75) is 38.8 Å². The maximum Gasteiger partial charge on any atom is 0.225 e. The monoisotopic (exact) mass is 250 g/mol. The van der Waals surface area contributed by atoms with Crippen molar-refractivity contribution in [1.82, 2.24) is 15.3 Å². The van der Waals surface area contributed by atoms with Gasteiger partial charge in [0.2, 0.25) is 5.95 Å². The molecule has 0 saturated carbocycles. The van der Waals surface area contributed by atoms with Crippen molar-refractivity contribution in [1.29, 1.82) is 0 Å². The second-order valence-electron chi connectivity index (χ2n) is 4.91. The molecule has 5 nitrogen and oxygen atoms in total. The molecule has 2 heterocycles.